The molecule has 3 aromatic rings. The molecule has 0 N–H and O–H groups in total. The standard InChI is InChI=1S/C17H24N5/c1-14(2)21-13-10-16(20(21)5)15-8-6-9-17(19(15)4)22-12-7-11-18(22)3/h6-14H,1-5H3/q+3. The van der Waals surface area contributed by atoms with Gasteiger partial charge in [0, 0.05) is 18.2 Å². The van der Waals surface area contributed by atoms with Gasteiger partial charge >= 0.3 is 11.5 Å². The molecular formula is C17H24N5+3. The Morgan fingerprint density at radius 2 is 1.73 bits per heavy atom. The van der Waals surface area contributed by atoms with Crippen LogP contribution in [0.2, 0.25) is 0 Å². The van der Waals surface area contributed by atoms with Crippen LogP contribution in [0, 0.1) is 0 Å². The molecule has 0 aromatic carbocycles. The van der Waals surface area contributed by atoms with E-state index in [2.05, 4.69) is 87.9 Å². The first kappa shape index (κ1) is 14.5. The maximum Gasteiger partial charge on any atom is 0.472 e. The van der Waals surface area contributed by atoms with Gasteiger partial charge < -0.3 is 0 Å². The molecule has 3 aromatic heterocycles. The van der Waals surface area contributed by atoms with Crippen molar-refractivity contribution in [1.29, 1.82) is 0 Å². The van der Waals surface area contributed by atoms with Crippen LogP contribution in [0.1, 0.15) is 19.9 Å². The van der Waals surface area contributed by atoms with Gasteiger partial charge in [0.05, 0.1) is 31.5 Å². The van der Waals surface area contributed by atoms with Crippen molar-refractivity contribution in [1.82, 2.24) is 9.36 Å². The van der Waals surface area contributed by atoms with E-state index >= 15 is 0 Å². The van der Waals surface area contributed by atoms with E-state index in [1.807, 2.05) is 19.3 Å². The predicted molar refractivity (Wildman–Crippen MR) is 83.1 cm³/mol. The molecule has 0 aliphatic carbocycles. The minimum Gasteiger partial charge on any atom is -0.158 e. The van der Waals surface area contributed by atoms with Crippen LogP contribution in [0.15, 0.2) is 48.9 Å². The van der Waals surface area contributed by atoms with Gasteiger partial charge in [-0.15, -0.1) is 9.25 Å². The van der Waals surface area contributed by atoms with Gasteiger partial charge in [-0.05, 0) is 24.6 Å². The Morgan fingerprint density at radius 3 is 2.32 bits per heavy atom. The summed E-state index contributed by atoms with van der Waals surface area (Å²) in [7, 11) is 6.26. The summed E-state index contributed by atoms with van der Waals surface area (Å²) >= 11 is 0. The highest BCUT2D eigenvalue weighted by Gasteiger charge is 2.30. The molecule has 0 radical (unpaired) electrons. The van der Waals surface area contributed by atoms with Crippen molar-refractivity contribution in [2.45, 2.75) is 19.9 Å². The van der Waals surface area contributed by atoms with Crippen molar-refractivity contribution < 1.29 is 13.9 Å². The average molecular weight is 298 g/mol. The molecule has 3 rings (SSSR count). The van der Waals surface area contributed by atoms with Gasteiger partial charge in [0.2, 0.25) is 6.20 Å². The van der Waals surface area contributed by atoms with Gasteiger partial charge in [-0.1, -0.05) is 0 Å². The lowest BCUT2D eigenvalue weighted by molar-refractivity contribution is -0.813. The van der Waals surface area contributed by atoms with Crippen molar-refractivity contribution in [3.8, 4) is 17.2 Å². The molecule has 5 nitrogen and oxygen atoms in total. The van der Waals surface area contributed by atoms with Crippen molar-refractivity contribution in [2.24, 2.45) is 21.1 Å². The molecule has 5 heteroatoms. The molecular weight excluding hydrogens is 274 g/mol. The number of aromatic nitrogens is 5. The topological polar surface area (TPSA) is 21.5 Å². The molecule has 114 valence electrons. The van der Waals surface area contributed by atoms with Crippen LogP contribution in [0.5, 0.6) is 0 Å². The smallest absolute Gasteiger partial charge is 0.158 e. The van der Waals surface area contributed by atoms with E-state index in [0.29, 0.717) is 6.04 Å². The first-order valence-electron chi connectivity index (χ1n) is 7.61. The largest absolute Gasteiger partial charge is 0.472 e. The van der Waals surface area contributed by atoms with Gasteiger partial charge in [-0.25, -0.2) is 0 Å². The predicted octanol–water partition coefficient (Wildman–Crippen LogP) is 1.00. The van der Waals surface area contributed by atoms with E-state index in [0.717, 1.165) is 5.82 Å². The zero-order valence-corrected chi connectivity index (χ0v) is 13.9. The van der Waals surface area contributed by atoms with Crippen LogP contribution < -0.4 is 13.9 Å². The molecule has 0 saturated heterocycles. The van der Waals surface area contributed by atoms with E-state index in [-0.39, 0.29) is 0 Å². The van der Waals surface area contributed by atoms with Gasteiger partial charge in [0.25, 0.3) is 5.69 Å². The zero-order chi connectivity index (χ0) is 15.9. The highest BCUT2D eigenvalue weighted by molar-refractivity contribution is 5.46. The van der Waals surface area contributed by atoms with E-state index in [4.69, 9.17) is 0 Å². The third-order valence-corrected chi connectivity index (χ3v) is 4.18. The Bertz CT molecular complexity index is 810. The molecule has 3 heterocycles. The molecule has 22 heavy (non-hydrogen) atoms. The van der Waals surface area contributed by atoms with E-state index in [1.165, 1.54) is 11.4 Å². The summed E-state index contributed by atoms with van der Waals surface area (Å²) in [6.07, 6.45) is 6.25. The maximum absolute atomic E-state index is 2.23. The summed E-state index contributed by atoms with van der Waals surface area (Å²) in [5.41, 5.74) is 2.39. The summed E-state index contributed by atoms with van der Waals surface area (Å²) in [6.45, 7) is 4.39. The first-order valence-corrected chi connectivity index (χ1v) is 7.61. The van der Waals surface area contributed by atoms with Crippen molar-refractivity contribution in [2.75, 3.05) is 0 Å². The molecule has 0 spiro atoms. The molecule has 0 fully saturated rings. The van der Waals surface area contributed by atoms with E-state index < -0.39 is 0 Å². The summed E-state index contributed by atoms with van der Waals surface area (Å²) in [5.74, 6) is 1.13. The highest BCUT2D eigenvalue weighted by Crippen LogP contribution is 2.13. The summed E-state index contributed by atoms with van der Waals surface area (Å²) in [5, 5.41) is 0. The summed E-state index contributed by atoms with van der Waals surface area (Å²) < 4.78 is 10.9. The summed E-state index contributed by atoms with van der Waals surface area (Å²) in [6, 6.07) is 11.1. The molecule has 0 saturated carbocycles. The van der Waals surface area contributed by atoms with Crippen molar-refractivity contribution in [3.63, 3.8) is 0 Å². The molecule has 0 atom stereocenters. The number of hydrogen-bond acceptors (Lipinski definition) is 0. The number of rotatable bonds is 3. The van der Waals surface area contributed by atoms with Crippen molar-refractivity contribution in [3.05, 3.63) is 48.9 Å². The maximum atomic E-state index is 2.23. The van der Waals surface area contributed by atoms with Crippen LogP contribution >= 0.6 is 0 Å². The number of pyridine rings is 1. The Kier molecular flexibility index (Phi) is 3.56. The Labute approximate surface area is 131 Å². The lowest BCUT2D eigenvalue weighted by Gasteiger charge is -2.04. The second-order valence-electron chi connectivity index (χ2n) is 5.94. The summed E-state index contributed by atoms with van der Waals surface area (Å²) in [4.78, 5) is 0. The Morgan fingerprint density at radius 1 is 0.955 bits per heavy atom. The van der Waals surface area contributed by atoms with Gasteiger partial charge in [0.1, 0.15) is 7.05 Å². The monoisotopic (exact) mass is 298 g/mol. The average Bonchev–Trinajstić information content (AvgIpc) is 3.06. The van der Waals surface area contributed by atoms with E-state index in [1.54, 1.807) is 0 Å². The minimum absolute atomic E-state index is 0.439. The van der Waals surface area contributed by atoms with Crippen LogP contribution in [-0.2, 0) is 21.1 Å². The fraction of sp³-hybridized carbons (Fsp3) is 0.353. The second-order valence-corrected chi connectivity index (χ2v) is 5.94. The second kappa shape index (κ2) is 5.40. The first-order chi connectivity index (χ1) is 10.5. The molecule has 0 unspecified atom stereocenters. The number of nitrogens with zero attached hydrogens (tertiary/aromatic N) is 5. The third-order valence-electron chi connectivity index (χ3n) is 4.18. The lowest BCUT2D eigenvalue weighted by atomic mass is 10.2. The fourth-order valence-corrected chi connectivity index (χ4v) is 2.97. The lowest BCUT2D eigenvalue weighted by Crippen LogP contribution is -2.52. The third kappa shape index (κ3) is 2.22. The van der Waals surface area contributed by atoms with Crippen LogP contribution in [0.4, 0.5) is 0 Å². The normalized spacial score (nSPS) is 11.4. The molecule has 0 bridgehead atoms. The quantitative estimate of drug-likeness (QED) is 0.644. The van der Waals surface area contributed by atoms with Crippen LogP contribution in [0.3, 0.4) is 0 Å². The SMILES string of the molecule is CC(C)n1ccc(-c2cccc(-[n+]3cccn3C)[n+]2C)[n+]1C. The molecule has 0 aliphatic heterocycles. The zero-order valence-electron chi connectivity index (χ0n) is 13.9. The fourth-order valence-electron chi connectivity index (χ4n) is 2.97. The highest BCUT2D eigenvalue weighted by atomic mass is 15.4. The Hall–Kier alpha value is -2.43. The molecule has 0 amide bonds. The van der Waals surface area contributed by atoms with Gasteiger partial charge in [0.15, 0.2) is 7.05 Å². The van der Waals surface area contributed by atoms with Gasteiger partial charge in [-0.2, -0.15) is 9.36 Å². The van der Waals surface area contributed by atoms with Crippen molar-refractivity contribution >= 4 is 0 Å². The van der Waals surface area contributed by atoms with Crippen LogP contribution in [-0.4, -0.2) is 9.36 Å². The van der Waals surface area contributed by atoms with Gasteiger partial charge in [-0.3, -0.25) is 0 Å². The number of aryl methyl sites for hydroxylation is 1. The molecule has 0 aliphatic rings. The minimum atomic E-state index is 0.439. The Balaban J connectivity index is 2.16. The van der Waals surface area contributed by atoms with Crippen LogP contribution in [0.25, 0.3) is 17.2 Å². The number of hydrogen-bond donors (Lipinski definition) is 0. The van der Waals surface area contributed by atoms with E-state index in [9.17, 15) is 0 Å².